The molecule has 2 heteroatoms. The highest BCUT2D eigenvalue weighted by Gasteiger charge is 2.47. The summed E-state index contributed by atoms with van der Waals surface area (Å²) >= 11 is 6.12. The van der Waals surface area contributed by atoms with Crippen LogP contribution in [-0.4, -0.2) is 18.1 Å². The third-order valence-corrected chi connectivity index (χ3v) is 4.12. The Labute approximate surface area is 93.2 Å². The summed E-state index contributed by atoms with van der Waals surface area (Å²) in [5.41, 5.74) is 0.187. The normalized spacial score (nSPS) is 30.0. The number of unbranched alkanes of at least 4 members (excludes halogenated alkanes) is 3. The van der Waals surface area contributed by atoms with Crippen molar-refractivity contribution in [2.24, 2.45) is 5.41 Å². The monoisotopic (exact) mass is 218 g/mol. The molecule has 0 saturated heterocycles. The molecule has 1 aliphatic rings. The van der Waals surface area contributed by atoms with E-state index in [1.54, 1.807) is 0 Å². The van der Waals surface area contributed by atoms with Gasteiger partial charge in [0.15, 0.2) is 0 Å². The smallest absolute Gasteiger partial charge is 0.0654 e. The van der Waals surface area contributed by atoms with Gasteiger partial charge < -0.3 is 4.74 Å². The molecule has 0 radical (unpaired) electrons. The molecule has 0 aromatic carbocycles. The summed E-state index contributed by atoms with van der Waals surface area (Å²) in [5, 5.41) is 0.308. The van der Waals surface area contributed by atoms with Crippen LogP contribution in [0.5, 0.6) is 0 Å². The largest absolute Gasteiger partial charge is 0.378 e. The van der Waals surface area contributed by atoms with E-state index in [1.165, 1.54) is 25.7 Å². The Morgan fingerprint density at radius 2 is 2.00 bits per heavy atom. The van der Waals surface area contributed by atoms with E-state index in [2.05, 4.69) is 20.8 Å². The molecule has 0 heterocycles. The molecular weight excluding hydrogens is 196 g/mol. The van der Waals surface area contributed by atoms with Gasteiger partial charge in [-0.25, -0.2) is 0 Å². The van der Waals surface area contributed by atoms with Crippen LogP contribution in [0.15, 0.2) is 0 Å². The van der Waals surface area contributed by atoms with Crippen LogP contribution in [0.2, 0.25) is 0 Å². The molecule has 1 fully saturated rings. The van der Waals surface area contributed by atoms with E-state index >= 15 is 0 Å². The molecule has 2 atom stereocenters. The SMILES string of the molecule is CCCCCCOC1CC(Cl)C1(C)C. The van der Waals surface area contributed by atoms with Crippen molar-refractivity contribution in [3.63, 3.8) is 0 Å². The molecule has 1 aliphatic carbocycles. The van der Waals surface area contributed by atoms with Gasteiger partial charge in [0.1, 0.15) is 0 Å². The standard InChI is InChI=1S/C12H23ClO/c1-4-5-6-7-8-14-11-9-10(13)12(11,2)3/h10-11H,4-9H2,1-3H3. The first-order valence-electron chi connectivity index (χ1n) is 5.84. The summed E-state index contributed by atoms with van der Waals surface area (Å²) in [4.78, 5) is 0. The summed E-state index contributed by atoms with van der Waals surface area (Å²) in [5.74, 6) is 0. The number of hydrogen-bond donors (Lipinski definition) is 0. The molecule has 0 aromatic rings. The maximum Gasteiger partial charge on any atom is 0.0654 e. The first-order chi connectivity index (χ1) is 6.59. The fourth-order valence-corrected chi connectivity index (χ4v) is 2.18. The summed E-state index contributed by atoms with van der Waals surface area (Å²) in [6, 6.07) is 0. The lowest BCUT2D eigenvalue weighted by atomic mass is 9.68. The van der Waals surface area contributed by atoms with Gasteiger partial charge in [0, 0.05) is 17.4 Å². The third kappa shape index (κ3) is 2.87. The molecular formula is C12H23ClO. The molecule has 1 rings (SSSR count). The van der Waals surface area contributed by atoms with Gasteiger partial charge in [-0.3, -0.25) is 0 Å². The van der Waals surface area contributed by atoms with Crippen LogP contribution in [0.3, 0.4) is 0 Å². The summed E-state index contributed by atoms with van der Waals surface area (Å²) in [6.45, 7) is 7.54. The van der Waals surface area contributed by atoms with Crippen molar-refractivity contribution in [1.29, 1.82) is 0 Å². The average molecular weight is 219 g/mol. The van der Waals surface area contributed by atoms with Gasteiger partial charge in [0.05, 0.1) is 6.10 Å². The van der Waals surface area contributed by atoms with Crippen LogP contribution in [0.25, 0.3) is 0 Å². The van der Waals surface area contributed by atoms with E-state index in [1.807, 2.05) is 0 Å². The quantitative estimate of drug-likeness (QED) is 0.484. The minimum Gasteiger partial charge on any atom is -0.378 e. The lowest BCUT2D eigenvalue weighted by Gasteiger charge is -2.48. The Kier molecular flexibility index (Phi) is 4.72. The van der Waals surface area contributed by atoms with Crippen LogP contribution in [0.1, 0.15) is 52.9 Å². The minimum atomic E-state index is 0.187. The van der Waals surface area contributed by atoms with Crippen molar-refractivity contribution < 1.29 is 4.74 Å². The number of hydrogen-bond acceptors (Lipinski definition) is 1. The van der Waals surface area contributed by atoms with Crippen molar-refractivity contribution in [2.75, 3.05) is 6.61 Å². The van der Waals surface area contributed by atoms with Gasteiger partial charge in [-0.1, -0.05) is 40.0 Å². The van der Waals surface area contributed by atoms with E-state index in [0.29, 0.717) is 11.5 Å². The molecule has 84 valence electrons. The van der Waals surface area contributed by atoms with Crippen molar-refractivity contribution >= 4 is 11.6 Å². The second-order valence-corrected chi connectivity index (χ2v) is 5.47. The lowest BCUT2D eigenvalue weighted by Crippen LogP contribution is -2.51. The highest BCUT2D eigenvalue weighted by Crippen LogP contribution is 2.46. The molecule has 1 nitrogen and oxygen atoms in total. The van der Waals surface area contributed by atoms with Gasteiger partial charge in [0.25, 0.3) is 0 Å². The van der Waals surface area contributed by atoms with Gasteiger partial charge >= 0.3 is 0 Å². The van der Waals surface area contributed by atoms with Gasteiger partial charge in [-0.15, -0.1) is 11.6 Å². The zero-order valence-corrected chi connectivity index (χ0v) is 10.4. The highest BCUT2D eigenvalue weighted by molar-refractivity contribution is 6.21. The highest BCUT2D eigenvalue weighted by atomic mass is 35.5. The number of halogens is 1. The van der Waals surface area contributed by atoms with Crippen LogP contribution in [0, 0.1) is 5.41 Å². The predicted octanol–water partition coefficient (Wildman–Crippen LogP) is 3.99. The Balaban J connectivity index is 2.03. The Hall–Kier alpha value is 0.250. The van der Waals surface area contributed by atoms with Crippen LogP contribution in [0.4, 0.5) is 0 Å². The van der Waals surface area contributed by atoms with E-state index < -0.39 is 0 Å². The van der Waals surface area contributed by atoms with Crippen molar-refractivity contribution in [1.82, 2.24) is 0 Å². The van der Waals surface area contributed by atoms with Crippen LogP contribution < -0.4 is 0 Å². The molecule has 0 aliphatic heterocycles. The lowest BCUT2D eigenvalue weighted by molar-refractivity contribution is -0.0893. The molecule has 0 N–H and O–H groups in total. The first-order valence-corrected chi connectivity index (χ1v) is 6.28. The van der Waals surface area contributed by atoms with Crippen molar-refractivity contribution in [3.05, 3.63) is 0 Å². The minimum absolute atomic E-state index is 0.187. The van der Waals surface area contributed by atoms with Crippen molar-refractivity contribution in [3.8, 4) is 0 Å². The van der Waals surface area contributed by atoms with Gasteiger partial charge in [-0.05, 0) is 12.8 Å². The van der Waals surface area contributed by atoms with Gasteiger partial charge in [0.2, 0.25) is 0 Å². The third-order valence-electron chi connectivity index (χ3n) is 3.38. The zero-order valence-electron chi connectivity index (χ0n) is 9.68. The number of ether oxygens (including phenoxy) is 1. The molecule has 14 heavy (non-hydrogen) atoms. The maximum absolute atomic E-state index is 6.12. The molecule has 0 bridgehead atoms. The van der Waals surface area contributed by atoms with E-state index in [9.17, 15) is 0 Å². The fraction of sp³-hybridized carbons (Fsp3) is 1.00. The summed E-state index contributed by atoms with van der Waals surface area (Å²) in [7, 11) is 0. The van der Waals surface area contributed by atoms with Crippen LogP contribution in [-0.2, 0) is 4.74 Å². The first kappa shape index (κ1) is 12.3. The topological polar surface area (TPSA) is 9.23 Å². The second kappa shape index (κ2) is 5.37. The van der Waals surface area contributed by atoms with E-state index in [-0.39, 0.29) is 5.41 Å². The molecule has 1 saturated carbocycles. The Morgan fingerprint density at radius 1 is 1.29 bits per heavy atom. The maximum atomic E-state index is 6.12. The van der Waals surface area contributed by atoms with E-state index in [0.717, 1.165) is 13.0 Å². The second-order valence-electron chi connectivity index (χ2n) is 4.94. The zero-order chi connectivity index (χ0) is 10.6. The molecule has 2 unspecified atom stereocenters. The summed E-state index contributed by atoms with van der Waals surface area (Å²) < 4.78 is 5.83. The predicted molar refractivity (Wildman–Crippen MR) is 61.9 cm³/mol. The van der Waals surface area contributed by atoms with E-state index in [4.69, 9.17) is 16.3 Å². The fourth-order valence-electron chi connectivity index (χ4n) is 1.87. The Bertz CT molecular complexity index is 168. The molecule has 0 amide bonds. The molecule has 0 spiro atoms. The average Bonchev–Trinajstić information content (AvgIpc) is 2.16. The molecule has 0 aromatic heterocycles. The Morgan fingerprint density at radius 3 is 2.50 bits per heavy atom. The number of alkyl halides is 1. The summed E-state index contributed by atoms with van der Waals surface area (Å²) in [6.07, 6.45) is 6.55. The van der Waals surface area contributed by atoms with Gasteiger partial charge in [-0.2, -0.15) is 0 Å². The van der Waals surface area contributed by atoms with Crippen LogP contribution >= 0.6 is 11.6 Å². The number of rotatable bonds is 6. The van der Waals surface area contributed by atoms with Crippen molar-refractivity contribution in [2.45, 2.75) is 64.4 Å².